The molecule has 0 unspecified atom stereocenters. The van der Waals surface area contributed by atoms with Crippen LogP contribution in [0.3, 0.4) is 0 Å². The van der Waals surface area contributed by atoms with Gasteiger partial charge in [-0.1, -0.05) is 48.0 Å². The summed E-state index contributed by atoms with van der Waals surface area (Å²) in [4.78, 5) is 30.2. The molecule has 140 valence electrons. The molecule has 0 amide bonds. The molecule has 2 aromatic heterocycles. The minimum absolute atomic E-state index is 0.0916. The molecule has 6 heteroatoms. The van der Waals surface area contributed by atoms with Crippen LogP contribution >= 0.6 is 11.6 Å². The normalized spacial score (nSPS) is 10.9. The van der Waals surface area contributed by atoms with E-state index < -0.39 is 11.5 Å². The Hall–Kier alpha value is -3.31. The molecule has 0 atom stereocenters. The standard InChI is InChI=1S/C22H17ClN2O3/c23-17-7-4-8-18-16(17)12-20(21(26)25-18)28-22(27)19-11-15(13-24-19)10-9-14-5-2-1-3-6-14/h1-8,11-13,24H,9-10H2,(H,25,26). The maximum atomic E-state index is 12.4. The van der Waals surface area contributed by atoms with E-state index in [0.29, 0.717) is 21.6 Å². The third-order valence-corrected chi connectivity index (χ3v) is 4.84. The van der Waals surface area contributed by atoms with E-state index >= 15 is 0 Å². The van der Waals surface area contributed by atoms with Crippen molar-refractivity contribution in [3.8, 4) is 5.75 Å². The van der Waals surface area contributed by atoms with Crippen LogP contribution in [0, 0.1) is 0 Å². The third-order valence-electron chi connectivity index (χ3n) is 4.51. The van der Waals surface area contributed by atoms with Gasteiger partial charge in [-0.3, -0.25) is 4.79 Å². The Kier molecular flexibility index (Phi) is 5.00. The number of benzene rings is 2. The molecule has 2 N–H and O–H groups in total. The van der Waals surface area contributed by atoms with Gasteiger partial charge in [0.05, 0.1) is 10.5 Å². The highest BCUT2D eigenvalue weighted by Gasteiger charge is 2.15. The van der Waals surface area contributed by atoms with Gasteiger partial charge in [-0.25, -0.2) is 4.79 Å². The van der Waals surface area contributed by atoms with E-state index in [1.54, 1.807) is 30.5 Å². The number of H-pyrrole nitrogens is 2. The van der Waals surface area contributed by atoms with Crippen LogP contribution in [0.25, 0.3) is 10.9 Å². The van der Waals surface area contributed by atoms with Crippen molar-refractivity contribution >= 4 is 28.5 Å². The largest absolute Gasteiger partial charge is 0.416 e. The Morgan fingerprint density at radius 1 is 0.964 bits per heavy atom. The molecule has 28 heavy (non-hydrogen) atoms. The molecule has 5 nitrogen and oxygen atoms in total. The topological polar surface area (TPSA) is 75.0 Å². The van der Waals surface area contributed by atoms with Crippen LogP contribution < -0.4 is 10.3 Å². The first-order chi connectivity index (χ1) is 13.6. The van der Waals surface area contributed by atoms with Crippen LogP contribution in [0.5, 0.6) is 5.75 Å². The summed E-state index contributed by atoms with van der Waals surface area (Å²) in [5.41, 5.74) is 2.61. The van der Waals surface area contributed by atoms with Gasteiger partial charge in [0.2, 0.25) is 0 Å². The van der Waals surface area contributed by atoms with Crippen molar-refractivity contribution in [1.82, 2.24) is 9.97 Å². The van der Waals surface area contributed by atoms with Gasteiger partial charge in [-0.05, 0) is 48.2 Å². The fourth-order valence-electron chi connectivity index (χ4n) is 3.04. The monoisotopic (exact) mass is 392 g/mol. The molecule has 2 aromatic carbocycles. The molecule has 0 fully saturated rings. The van der Waals surface area contributed by atoms with Gasteiger partial charge >= 0.3 is 5.97 Å². The first kappa shape index (κ1) is 18.1. The average Bonchev–Trinajstić information content (AvgIpc) is 3.18. The number of halogens is 1. The predicted molar refractivity (Wildman–Crippen MR) is 109 cm³/mol. The Morgan fingerprint density at radius 2 is 1.75 bits per heavy atom. The lowest BCUT2D eigenvalue weighted by Crippen LogP contribution is -2.16. The number of hydrogen-bond donors (Lipinski definition) is 2. The number of aromatic amines is 2. The number of nitrogens with one attached hydrogen (secondary N) is 2. The maximum Gasteiger partial charge on any atom is 0.360 e. The summed E-state index contributed by atoms with van der Waals surface area (Å²) >= 11 is 6.15. The van der Waals surface area contributed by atoms with E-state index in [0.717, 1.165) is 18.4 Å². The fraction of sp³-hybridized carbons (Fsp3) is 0.0909. The summed E-state index contributed by atoms with van der Waals surface area (Å²) in [7, 11) is 0. The molecule has 0 saturated heterocycles. The highest BCUT2D eigenvalue weighted by molar-refractivity contribution is 6.35. The molecule has 2 heterocycles. The SMILES string of the molecule is O=C(Oc1cc2c(Cl)cccc2[nH]c1=O)c1cc(CCc2ccccc2)c[nH]1. The number of ether oxygens (including phenoxy) is 1. The molecule has 0 spiro atoms. The van der Waals surface area contributed by atoms with Crippen LogP contribution in [0.1, 0.15) is 21.6 Å². The van der Waals surface area contributed by atoms with Crippen LogP contribution in [0.2, 0.25) is 5.02 Å². The van der Waals surface area contributed by atoms with Crippen LogP contribution in [0.4, 0.5) is 0 Å². The number of rotatable bonds is 5. The van der Waals surface area contributed by atoms with Crippen LogP contribution in [-0.2, 0) is 12.8 Å². The summed E-state index contributed by atoms with van der Waals surface area (Å²) in [6.45, 7) is 0. The van der Waals surface area contributed by atoms with E-state index in [4.69, 9.17) is 16.3 Å². The number of aromatic nitrogens is 2. The minimum atomic E-state index is -0.622. The van der Waals surface area contributed by atoms with Crippen molar-refractivity contribution in [3.63, 3.8) is 0 Å². The zero-order valence-corrected chi connectivity index (χ0v) is 15.6. The van der Waals surface area contributed by atoms with E-state index in [9.17, 15) is 9.59 Å². The number of pyridine rings is 1. The summed E-state index contributed by atoms with van der Waals surface area (Å²) < 4.78 is 5.30. The maximum absolute atomic E-state index is 12.4. The quantitative estimate of drug-likeness (QED) is 0.490. The molecule has 4 aromatic rings. The highest BCUT2D eigenvalue weighted by Crippen LogP contribution is 2.23. The Morgan fingerprint density at radius 3 is 2.57 bits per heavy atom. The van der Waals surface area contributed by atoms with Crippen molar-refractivity contribution in [2.24, 2.45) is 0 Å². The highest BCUT2D eigenvalue weighted by atomic mass is 35.5. The Labute approximate surface area is 165 Å². The summed E-state index contributed by atoms with van der Waals surface area (Å²) in [5.74, 6) is -0.714. The Balaban J connectivity index is 1.49. The van der Waals surface area contributed by atoms with Gasteiger partial charge in [0, 0.05) is 11.6 Å². The van der Waals surface area contributed by atoms with E-state index in [1.165, 1.54) is 11.6 Å². The average molecular weight is 393 g/mol. The Bertz CT molecular complexity index is 1200. The number of aryl methyl sites for hydroxylation is 2. The number of esters is 1. The molecular weight excluding hydrogens is 376 g/mol. The first-order valence-corrected chi connectivity index (χ1v) is 9.23. The summed E-state index contributed by atoms with van der Waals surface area (Å²) in [5, 5.41) is 1.08. The molecule has 0 bridgehead atoms. The second-order valence-electron chi connectivity index (χ2n) is 6.46. The first-order valence-electron chi connectivity index (χ1n) is 8.85. The van der Waals surface area contributed by atoms with Gasteiger partial charge in [0.15, 0.2) is 5.75 Å². The van der Waals surface area contributed by atoms with Crippen molar-refractivity contribution in [1.29, 1.82) is 0 Å². The van der Waals surface area contributed by atoms with E-state index in [2.05, 4.69) is 22.1 Å². The van der Waals surface area contributed by atoms with Crippen molar-refractivity contribution in [2.75, 3.05) is 0 Å². The lowest BCUT2D eigenvalue weighted by molar-refractivity contribution is 0.0727. The van der Waals surface area contributed by atoms with Crippen molar-refractivity contribution in [2.45, 2.75) is 12.8 Å². The predicted octanol–water partition coefficient (Wildman–Crippen LogP) is 4.51. The smallest absolute Gasteiger partial charge is 0.360 e. The molecule has 0 saturated carbocycles. The van der Waals surface area contributed by atoms with Crippen LogP contribution in [-0.4, -0.2) is 15.9 Å². The second kappa shape index (κ2) is 7.74. The summed E-state index contributed by atoms with van der Waals surface area (Å²) in [6, 6.07) is 18.5. The fourth-order valence-corrected chi connectivity index (χ4v) is 3.27. The van der Waals surface area contributed by atoms with Gasteiger partial charge in [0.1, 0.15) is 5.69 Å². The number of fused-ring (bicyclic) bond motifs is 1. The number of carbonyl (C=O) groups excluding carboxylic acids is 1. The van der Waals surface area contributed by atoms with E-state index in [1.807, 2.05) is 18.2 Å². The zero-order chi connectivity index (χ0) is 19.5. The number of carbonyl (C=O) groups is 1. The van der Waals surface area contributed by atoms with Crippen molar-refractivity contribution in [3.05, 3.63) is 99.1 Å². The van der Waals surface area contributed by atoms with Gasteiger partial charge in [-0.2, -0.15) is 0 Å². The second-order valence-corrected chi connectivity index (χ2v) is 6.87. The van der Waals surface area contributed by atoms with Crippen LogP contribution in [0.15, 0.2) is 71.7 Å². The van der Waals surface area contributed by atoms with Crippen molar-refractivity contribution < 1.29 is 9.53 Å². The van der Waals surface area contributed by atoms with E-state index in [-0.39, 0.29) is 5.75 Å². The van der Waals surface area contributed by atoms with Gasteiger partial charge in [-0.15, -0.1) is 0 Å². The lowest BCUT2D eigenvalue weighted by atomic mass is 10.1. The van der Waals surface area contributed by atoms with Gasteiger partial charge in [0.25, 0.3) is 5.56 Å². The molecule has 0 radical (unpaired) electrons. The molecule has 0 aliphatic heterocycles. The minimum Gasteiger partial charge on any atom is -0.416 e. The van der Waals surface area contributed by atoms with Gasteiger partial charge < -0.3 is 14.7 Å². The lowest BCUT2D eigenvalue weighted by Gasteiger charge is -2.05. The molecular formula is C22H17ClN2O3. The molecule has 4 rings (SSSR count). The number of hydrogen-bond acceptors (Lipinski definition) is 3. The molecule has 0 aliphatic rings. The molecule has 0 aliphatic carbocycles. The summed E-state index contributed by atoms with van der Waals surface area (Å²) in [6.07, 6.45) is 3.44. The zero-order valence-electron chi connectivity index (χ0n) is 14.9. The third kappa shape index (κ3) is 3.85.